The van der Waals surface area contributed by atoms with Crippen molar-refractivity contribution in [2.45, 2.75) is 0 Å². The average molecular weight is 293 g/mol. The highest BCUT2D eigenvalue weighted by Crippen LogP contribution is 2.28. The second-order valence-corrected chi connectivity index (χ2v) is 5.45. The molecule has 1 fully saturated rings. The molecule has 0 unspecified atom stereocenters. The molecule has 0 amide bonds. The maximum absolute atomic E-state index is 5.48. The van der Waals surface area contributed by atoms with Crippen molar-refractivity contribution < 1.29 is 4.74 Å². The van der Waals surface area contributed by atoms with E-state index in [0.29, 0.717) is 0 Å². The predicted octanol–water partition coefficient (Wildman–Crippen LogP) is 3.10. The lowest BCUT2D eigenvalue weighted by Gasteiger charge is -2.31. The van der Waals surface area contributed by atoms with E-state index in [4.69, 9.17) is 4.74 Å². The summed E-state index contributed by atoms with van der Waals surface area (Å²) in [4.78, 5) is 2.40. The Kier molecular flexibility index (Phi) is 3.45. The number of aromatic nitrogens is 2. The van der Waals surface area contributed by atoms with Gasteiger partial charge in [-0.05, 0) is 42.5 Å². The molecular weight excluding hydrogens is 274 g/mol. The van der Waals surface area contributed by atoms with Crippen LogP contribution in [0.3, 0.4) is 0 Å². The van der Waals surface area contributed by atoms with Crippen molar-refractivity contribution in [1.82, 2.24) is 9.13 Å². The Balaban J connectivity index is 1.80. The number of nitrogens with zero attached hydrogens (tertiary/aromatic N) is 3. The average Bonchev–Trinajstić information content (AvgIpc) is 3.29. The van der Waals surface area contributed by atoms with Gasteiger partial charge in [0.15, 0.2) is 0 Å². The molecule has 3 heterocycles. The Hall–Kier alpha value is -2.46. The smallest absolute Gasteiger partial charge is 0.0705 e. The second kappa shape index (κ2) is 5.73. The number of rotatable bonds is 3. The third-order valence-corrected chi connectivity index (χ3v) is 4.10. The molecule has 3 aromatic rings. The zero-order valence-electron chi connectivity index (χ0n) is 12.4. The number of hydrogen-bond acceptors (Lipinski definition) is 2. The molecule has 4 heteroatoms. The van der Waals surface area contributed by atoms with Gasteiger partial charge in [0.05, 0.1) is 24.6 Å². The van der Waals surface area contributed by atoms with Crippen LogP contribution in [0, 0.1) is 0 Å². The molecule has 4 rings (SSSR count). The number of ether oxygens (including phenoxy) is 1. The van der Waals surface area contributed by atoms with Gasteiger partial charge in [-0.3, -0.25) is 0 Å². The van der Waals surface area contributed by atoms with Crippen LogP contribution in [0.2, 0.25) is 0 Å². The minimum absolute atomic E-state index is 0.796. The van der Waals surface area contributed by atoms with Gasteiger partial charge in [-0.25, -0.2) is 0 Å². The van der Waals surface area contributed by atoms with E-state index < -0.39 is 0 Å². The van der Waals surface area contributed by atoms with E-state index in [1.54, 1.807) is 0 Å². The molecule has 1 aliphatic rings. The molecule has 112 valence electrons. The summed E-state index contributed by atoms with van der Waals surface area (Å²) in [5, 5.41) is 0. The van der Waals surface area contributed by atoms with Gasteiger partial charge < -0.3 is 18.8 Å². The highest BCUT2D eigenvalue weighted by Gasteiger charge is 2.16. The Morgan fingerprint density at radius 2 is 1.36 bits per heavy atom. The quantitative estimate of drug-likeness (QED) is 0.740. The standard InChI is InChI=1S/C18H19N3O/c1-2-8-19(7-1)16-5-6-17(21-11-13-22-14-12-21)18(15-16)20-9-3-4-10-20/h1-10,15H,11-14H2. The van der Waals surface area contributed by atoms with Gasteiger partial charge in [0.25, 0.3) is 0 Å². The lowest BCUT2D eigenvalue weighted by atomic mass is 10.2. The molecule has 0 saturated carbocycles. The lowest BCUT2D eigenvalue weighted by molar-refractivity contribution is 0.122. The molecule has 0 radical (unpaired) electrons. The summed E-state index contributed by atoms with van der Waals surface area (Å²) >= 11 is 0. The van der Waals surface area contributed by atoms with E-state index in [-0.39, 0.29) is 0 Å². The van der Waals surface area contributed by atoms with Crippen LogP contribution in [0.4, 0.5) is 5.69 Å². The minimum Gasteiger partial charge on any atom is -0.378 e. The third kappa shape index (κ3) is 2.42. The normalized spacial score (nSPS) is 15.2. The van der Waals surface area contributed by atoms with Crippen molar-refractivity contribution in [3.63, 3.8) is 0 Å². The molecule has 0 bridgehead atoms. The number of anilines is 1. The zero-order chi connectivity index (χ0) is 14.8. The summed E-state index contributed by atoms with van der Waals surface area (Å²) in [5.41, 5.74) is 3.64. The number of hydrogen-bond donors (Lipinski definition) is 0. The van der Waals surface area contributed by atoms with Crippen molar-refractivity contribution in [1.29, 1.82) is 0 Å². The molecule has 1 aliphatic heterocycles. The number of benzene rings is 1. The SMILES string of the molecule is c1ccn(-c2ccc(N3CCOCC3)c(-n3cccc3)c2)c1. The summed E-state index contributed by atoms with van der Waals surface area (Å²) in [7, 11) is 0. The summed E-state index contributed by atoms with van der Waals surface area (Å²) in [5.74, 6) is 0. The molecular formula is C18H19N3O. The van der Waals surface area contributed by atoms with Crippen molar-refractivity contribution in [2.75, 3.05) is 31.2 Å². The molecule has 2 aromatic heterocycles. The van der Waals surface area contributed by atoms with E-state index in [9.17, 15) is 0 Å². The first-order chi connectivity index (χ1) is 10.9. The maximum atomic E-state index is 5.48. The van der Waals surface area contributed by atoms with Crippen molar-refractivity contribution in [3.05, 3.63) is 67.3 Å². The van der Waals surface area contributed by atoms with Gasteiger partial charge in [0, 0.05) is 43.6 Å². The van der Waals surface area contributed by atoms with Crippen LogP contribution in [0.5, 0.6) is 0 Å². The van der Waals surface area contributed by atoms with E-state index >= 15 is 0 Å². The second-order valence-electron chi connectivity index (χ2n) is 5.45. The van der Waals surface area contributed by atoms with Gasteiger partial charge >= 0.3 is 0 Å². The Morgan fingerprint density at radius 1 is 0.727 bits per heavy atom. The van der Waals surface area contributed by atoms with Gasteiger partial charge in [-0.2, -0.15) is 0 Å². The largest absolute Gasteiger partial charge is 0.378 e. The highest BCUT2D eigenvalue weighted by atomic mass is 16.5. The monoisotopic (exact) mass is 293 g/mol. The van der Waals surface area contributed by atoms with E-state index in [0.717, 1.165) is 26.3 Å². The van der Waals surface area contributed by atoms with Crippen LogP contribution in [0.1, 0.15) is 0 Å². The van der Waals surface area contributed by atoms with Gasteiger partial charge in [-0.1, -0.05) is 0 Å². The molecule has 22 heavy (non-hydrogen) atoms. The van der Waals surface area contributed by atoms with Gasteiger partial charge in [0.2, 0.25) is 0 Å². The van der Waals surface area contributed by atoms with Crippen LogP contribution >= 0.6 is 0 Å². The summed E-state index contributed by atoms with van der Waals surface area (Å²) in [6.45, 7) is 3.48. The van der Waals surface area contributed by atoms with Crippen LogP contribution in [0.25, 0.3) is 11.4 Å². The topological polar surface area (TPSA) is 22.3 Å². The first kappa shape index (κ1) is 13.2. The van der Waals surface area contributed by atoms with Crippen LogP contribution in [-0.2, 0) is 4.74 Å². The minimum atomic E-state index is 0.796. The Bertz CT molecular complexity index is 726. The van der Waals surface area contributed by atoms with E-state index in [1.807, 2.05) is 12.1 Å². The molecule has 4 nitrogen and oxygen atoms in total. The van der Waals surface area contributed by atoms with E-state index in [2.05, 4.69) is 69.2 Å². The van der Waals surface area contributed by atoms with Crippen molar-refractivity contribution >= 4 is 5.69 Å². The Labute approximate surface area is 130 Å². The van der Waals surface area contributed by atoms with Crippen LogP contribution < -0.4 is 4.90 Å². The molecule has 1 aromatic carbocycles. The zero-order valence-corrected chi connectivity index (χ0v) is 12.4. The molecule has 0 N–H and O–H groups in total. The first-order valence-electron chi connectivity index (χ1n) is 7.65. The fourth-order valence-corrected chi connectivity index (χ4v) is 2.95. The predicted molar refractivity (Wildman–Crippen MR) is 88.1 cm³/mol. The van der Waals surface area contributed by atoms with Crippen molar-refractivity contribution in [3.8, 4) is 11.4 Å². The highest BCUT2D eigenvalue weighted by molar-refractivity contribution is 5.66. The Morgan fingerprint density at radius 3 is 2.05 bits per heavy atom. The first-order valence-corrected chi connectivity index (χ1v) is 7.65. The summed E-state index contributed by atoms with van der Waals surface area (Å²) < 4.78 is 9.80. The molecule has 1 saturated heterocycles. The maximum Gasteiger partial charge on any atom is 0.0705 e. The molecule has 0 spiro atoms. The van der Waals surface area contributed by atoms with Crippen LogP contribution in [-0.4, -0.2) is 35.4 Å². The fraction of sp³-hybridized carbons (Fsp3) is 0.222. The van der Waals surface area contributed by atoms with Crippen LogP contribution in [0.15, 0.2) is 67.3 Å². The number of morpholine rings is 1. The van der Waals surface area contributed by atoms with Gasteiger partial charge in [0.1, 0.15) is 0 Å². The molecule has 0 atom stereocenters. The lowest BCUT2D eigenvalue weighted by Crippen LogP contribution is -2.36. The fourth-order valence-electron chi connectivity index (χ4n) is 2.95. The van der Waals surface area contributed by atoms with E-state index in [1.165, 1.54) is 17.1 Å². The summed E-state index contributed by atoms with van der Waals surface area (Å²) in [6.07, 6.45) is 8.34. The van der Waals surface area contributed by atoms with Gasteiger partial charge in [-0.15, -0.1) is 0 Å². The summed E-state index contributed by atoms with van der Waals surface area (Å²) in [6, 6.07) is 14.9. The van der Waals surface area contributed by atoms with Crippen molar-refractivity contribution in [2.24, 2.45) is 0 Å². The third-order valence-electron chi connectivity index (χ3n) is 4.10. The molecule has 0 aliphatic carbocycles.